The minimum absolute atomic E-state index is 0.237. The average Bonchev–Trinajstić information content (AvgIpc) is 2.74. The van der Waals surface area contributed by atoms with Gasteiger partial charge in [-0.05, 0) is 89.2 Å². The minimum atomic E-state index is -4.76. The smallest absolute Gasteiger partial charge is 0.478 e. The lowest BCUT2D eigenvalue weighted by Crippen LogP contribution is -2.16. The molecule has 0 aliphatic carbocycles. The van der Waals surface area contributed by atoms with Crippen LogP contribution in [0.4, 0.5) is 13.2 Å². The van der Waals surface area contributed by atoms with Crippen LogP contribution in [-0.2, 0) is 9.53 Å². The average molecular weight is 558 g/mol. The Morgan fingerprint density at radius 2 is 1.50 bits per heavy atom. The molecule has 168 valence electrons. The van der Waals surface area contributed by atoms with Crippen molar-refractivity contribution in [2.24, 2.45) is 0 Å². The molecule has 9 heteroatoms. The Balaban J connectivity index is 1.87. The van der Waals surface area contributed by atoms with Gasteiger partial charge in [-0.2, -0.15) is 0 Å². The van der Waals surface area contributed by atoms with E-state index in [2.05, 4.69) is 27.3 Å². The van der Waals surface area contributed by atoms with Crippen LogP contribution in [0.1, 0.15) is 6.92 Å². The van der Waals surface area contributed by atoms with Crippen LogP contribution in [0.25, 0.3) is 11.1 Å². The van der Waals surface area contributed by atoms with Crippen LogP contribution in [0, 0.1) is 3.57 Å². The van der Waals surface area contributed by atoms with Gasteiger partial charge in [0.05, 0.1) is 6.61 Å². The number of hydrogen-bond donors (Lipinski definition) is 0. The molecule has 3 aromatic carbocycles. The summed E-state index contributed by atoms with van der Waals surface area (Å²) in [5, 5.41) is 0. The predicted octanol–water partition coefficient (Wildman–Crippen LogP) is 6.59. The summed E-state index contributed by atoms with van der Waals surface area (Å²) in [6.45, 7) is 1.64. The van der Waals surface area contributed by atoms with E-state index in [9.17, 15) is 18.0 Å². The van der Waals surface area contributed by atoms with Crippen LogP contribution in [0.3, 0.4) is 0 Å². The van der Waals surface area contributed by atoms with Gasteiger partial charge in [0, 0.05) is 3.57 Å². The summed E-state index contributed by atoms with van der Waals surface area (Å²) in [6.07, 6.45) is -4.76. The number of alkyl halides is 3. The molecule has 0 heterocycles. The Morgan fingerprint density at radius 3 is 2.12 bits per heavy atom. The number of ether oxygens (including phenoxy) is 4. The Morgan fingerprint density at radius 1 is 0.875 bits per heavy atom. The number of benzene rings is 3. The Bertz CT molecular complexity index is 1050. The first kappa shape index (κ1) is 23.7. The molecular formula is C23H18F3IO5. The van der Waals surface area contributed by atoms with Gasteiger partial charge in [0.25, 0.3) is 0 Å². The van der Waals surface area contributed by atoms with Gasteiger partial charge in [0.1, 0.15) is 11.5 Å². The van der Waals surface area contributed by atoms with Crippen molar-refractivity contribution in [1.29, 1.82) is 0 Å². The molecule has 0 unspecified atom stereocenters. The maximum atomic E-state index is 12.4. The summed E-state index contributed by atoms with van der Waals surface area (Å²) in [5.74, 6) is 0.376. The molecule has 0 saturated heterocycles. The van der Waals surface area contributed by atoms with Crippen molar-refractivity contribution in [1.82, 2.24) is 0 Å². The second-order valence-corrected chi connectivity index (χ2v) is 7.63. The zero-order valence-electron chi connectivity index (χ0n) is 16.8. The van der Waals surface area contributed by atoms with Crippen LogP contribution in [-0.4, -0.2) is 25.5 Å². The summed E-state index contributed by atoms with van der Waals surface area (Å²) >= 11 is 2.17. The Hall–Kier alpha value is -2.95. The van der Waals surface area contributed by atoms with E-state index in [4.69, 9.17) is 14.2 Å². The third-order valence-electron chi connectivity index (χ3n) is 4.06. The first-order valence-corrected chi connectivity index (χ1v) is 10.5. The zero-order valence-corrected chi connectivity index (χ0v) is 19.0. The van der Waals surface area contributed by atoms with Crippen molar-refractivity contribution in [2.45, 2.75) is 13.3 Å². The molecule has 5 nitrogen and oxygen atoms in total. The van der Waals surface area contributed by atoms with Crippen molar-refractivity contribution >= 4 is 28.6 Å². The normalized spacial score (nSPS) is 11.0. The van der Waals surface area contributed by atoms with Crippen LogP contribution in [0.2, 0.25) is 0 Å². The van der Waals surface area contributed by atoms with Crippen molar-refractivity contribution in [3.05, 3.63) is 70.3 Å². The number of hydrogen-bond acceptors (Lipinski definition) is 5. The van der Waals surface area contributed by atoms with Crippen molar-refractivity contribution in [3.8, 4) is 34.1 Å². The maximum Gasteiger partial charge on any atom is 0.573 e. The molecule has 0 atom stereocenters. The molecule has 0 bridgehead atoms. The molecule has 0 radical (unpaired) electrons. The summed E-state index contributed by atoms with van der Waals surface area (Å²) in [4.78, 5) is 11.7. The molecular weight excluding hydrogens is 540 g/mol. The van der Waals surface area contributed by atoms with Gasteiger partial charge in [0.2, 0.25) is 0 Å². The number of esters is 1. The SMILES string of the molecule is CCOC(=O)COc1ccc(-c2ccc(OC(F)(F)F)cc2)cc1Oc1ccc(I)cc1. The fraction of sp³-hybridized carbons (Fsp3) is 0.174. The highest BCUT2D eigenvalue weighted by Gasteiger charge is 2.31. The second kappa shape index (κ2) is 10.6. The predicted molar refractivity (Wildman–Crippen MR) is 120 cm³/mol. The number of carbonyl (C=O) groups excluding carboxylic acids is 1. The van der Waals surface area contributed by atoms with Crippen LogP contribution >= 0.6 is 22.6 Å². The van der Waals surface area contributed by atoms with E-state index in [1.54, 1.807) is 37.3 Å². The lowest BCUT2D eigenvalue weighted by molar-refractivity contribution is -0.274. The summed E-state index contributed by atoms with van der Waals surface area (Å²) in [5.41, 5.74) is 1.32. The molecule has 3 rings (SSSR count). The molecule has 0 aliphatic rings. The second-order valence-electron chi connectivity index (χ2n) is 6.38. The van der Waals surface area contributed by atoms with E-state index in [0.29, 0.717) is 28.4 Å². The minimum Gasteiger partial charge on any atom is -0.478 e. The number of rotatable bonds is 8. The summed E-state index contributed by atoms with van der Waals surface area (Å²) < 4.78 is 58.5. The van der Waals surface area contributed by atoms with Gasteiger partial charge in [0.15, 0.2) is 18.1 Å². The molecule has 32 heavy (non-hydrogen) atoms. The van der Waals surface area contributed by atoms with E-state index in [1.165, 1.54) is 24.3 Å². The lowest BCUT2D eigenvalue weighted by atomic mass is 10.0. The first-order valence-electron chi connectivity index (χ1n) is 9.45. The molecule has 0 aromatic heterocycles. The third kappa shape index (κ3) is 7.04. The molecule has 0 N–H and O–H groups in total. The van der Waals surface area contributed by atoms with Crippen LogP contribution in [0.15, 0.2) is 66.7 Å². The Labute approximate surface area is 196 Å². The van der Waals surface area contributed by atoms with Crippen LogP contribution in [0.5, 0.6) is 23.0 Å². The van der Waals surface area contributed by atoms with Crippen molar-refractivity contribution in [2.75, 3.05) is 13.2 Å². The van der Waals surface area contributed by atoms with Crippen molar-refractivity contribution < 1.29 is 36.9 Å². The van der Waals surface area contributed by atoms with Crippen LogP contribution < -0.4 is 14.2 Å². The number of halogens is 4. The largest absolute Gasteiger partial charge is 0.573 e. The van der Waals surface area contributed by atoms with E-state index >= 15 is 0 Å². The monoisotopic (exact) mass is 558 g/mol. The highest BCUT2D eigenvalue weighted by Crippen LogP contribution is 2.36. The summed E-state index contributed by atoms with van der Waals surface area (Å²) in [7, 11) is 0. The molecule has 0 aliphatic heterocycles. The third-order valence-corrected chi connectivity index (χ3v) is 4.78. The quantitative estimate of drug-likeness (QED) is 0.231. The van der Waals surface area contributed by atoms with Gasteiger partial charge in [-0.1, -0.05) is 18.2 Å². The molecule has 0 spiro atoms. The first-order chi connectivity index (χ1) is 15.2. The fourth-order valence-electron chi connectivity index (χ4n) is 2.70. The molecule has 0 fully saturated rings. The summed E-state index contributed by atoms with van der Waals surface area (Å²) in [6, 6.07) is 17.8. The van der Waals surface area contributed by atoms with Gasteiger partial charge in [-0.3, -0.25) is 0 Å². The van der Waals surface area contributed by atoms with E-state index < -0.39 is 12.3 Å². The fourth-order valence-corrected chi connectivity index (χ4v) is 3.06. The van der Waals surface area contributed by atoms with E-state index in [0.717, 1.165) is 3.57 Å². The zero-order chi connectivity index (χ0) is 23.1. The van der Waals surface area contributed by atoms with Gasteiger partial charge >= 0.3 is 12.3 Å². The van der Waals surface area contributed by atoms with Gasteiger partial charge in [-0.15, -0.1) is 13.2 Å². The van der Waals surface area contributed by atoms with E-state index in [-0.39, 0.29) is 19.0 Å². The van der Waals surface area contributed by atoms with Gasteiger partial charge < -0.3 is 18.9 Å². The number of carbonyl (C=O) groups is 1. The molecule has 0 amide bonds. The topological polar surface area (TPSA) is 54.0 Å². The highest BCUT2D eigenvalue weighted by molar-refractivity contribution is 14.1. The lowest BCUT2D eigenvalue weighted by Gasteiger charge is -2.14. The van der Waals surface area contributed by atoms with Gasteiger partial charge in [-0.25, -0.2) is 4.79 Å². The molecule has 0 saturated carbocycles. The standard InChI is InChI=1S/C23H18F3IO5/c1-2-29-22(28)14-30-20-12-5-16(13-21(20)31-18-10-6-17(27)7-11-18)15-3-8-19(9-4-15)32-23(24,25)26/h3-13H,2,14H2,1H3. The maximum absolute atomic E-state index is 12.4. The highest BCUT2D eigenvalue weighted by atomic mass is 127. The Kier molecular flexibility index (Phi) is 7.84. The van der Waals surface area contributed by atoms with Crippen molar-refractivity contribution in [3.63, 3.8) is 0 Å². The van der Waals surface area contributed by atoms with E-state index in [1.807, 2.05) is 12.1 Å². The molecule has 3 aromatic rings.